The van der Waals surface area contributed by atoms with Gasteiger partial charge in [-0.3, -0.25) is 0 Å². The van der Waals surface area contributed by atoms with Crippen molar-refractivity contribution in [1.82, 2.24) is 4.90 Å². The van der Waals surface area contributed by atoms with Crippen LogP contribution in [0.2, 0.25) is 0 Å². The van der Waals surface area contributed by atoms with Gasteiger partial charge in [0.15, 0.2) is 0 Å². The van der Waals surface area contributed by atoms with Gasteiger partial charge in [-0.15, -0.1) is 0 Å². The van der Waals surface area contributed by atoms with Crippen LogP contribution in [0.15, 0.2) is 42.5 Å². The molecule has 2 aromatic carbocycles. The molecule has 0 saturated carbocycles. The van der Waals surface area contributed by atoms with E-state index in [4.69, 9.17) is 5.73 Å². The van der Waals surface area contributed by atoms with Crippen molar-refractivity contribution in [3.8, 4) is 11.1 Å². The summed E-state index contributed by atoms with van der Waals surface area (Å²) >= 11 is 0. The first-order valence-corrected chi connectivity index (χ1v) is 7.92. The molecule has 2 aromatic rings. The molecule has 1 atom stereocenters. The number of likely N-dealkylation sites (N-methyl/N-ethyl adjacent to an activating group) is 1. The summed E-state index contributed by atoms with van der Waals surface area (Å²) < 4.78 is 0. The van der Waals surface area contributed by atoms with Gasteiger partial charge in [0.2, 0.25) is 0 Å². The van der Waals surface area contributed by atoms with Crippen molar-refractivity contribution >= 4 is 0 Å². The second-order valence-electron chi connectivity index (χ2n) is 5.84. The van der Waals surface area contributed by atoms with E-state index in [1.54, 1.807) is 0 Å². The molecule has 0 saturated heterocycles. The Hall–Kier alpha value is -1.64. The van der Waals surface area contributed by atoms with Crippen LogP contribution in [0.25, 0.3) is 11.1 Å². The molecule has 0 fully saturated rings. The van der Waals surface area contributed by atoms with E-state index in [1.165, 1.54) is 27.8 Å². The predicted molar refractivity (Wildman–Crippen MR) is 89.4 cm³/mol. The number of nitrogens with zero attached hydrogens (tertiary/aromatic N) is 1. The van der Waals surface area contributed by atoms with Gasteiger partial charge in [-0.05, 0) is 47.3 Å². The SMILES string of the molecule is CCN(CC)CC(N)c1ccc2c(c1)Cc1ccccc1-2. The van der Waals surface area contributed by atoms with E-state index in [9.17, 15) is 0 Å². The summed E-state index contributed by atoms with van der Waals surface area (Å²) in [5.41, 5.74) is 13.3. The first kappa shape index (κ1) is 14.3. The average Bonchev–Trinajstić information content (AvgIpc) is 2.89. The fourth-order valence-electron chi connectivity index (χ4n) is 3.26. The van der Waals surface area contributed by atoms with E-state index >= 15 is 0 Å². The maximum atomic E-state index is 6.40. The van der Waals surface area contributed by atoms with Crippen molar-refractivity contribution < 1.29 is 0 Å². The van der Waals surface area contributed by atoms with Crippen molar-refractivity contribution in [2.75, 3.05) is 19.6 Å². The zero-order valence-corrected chi connectivity index (χ0v) is 13.0. The third-order valence-electron chi connectivity index (χ3n) is 4.60. The molecule has 2 nitrogen and oxygen atoms in total. The molecule has 1 unspecified atom stereocenters. The molecule has 0 aromatic heterocycles. The van der Waals surface area contributed by atoms with Crippen LogP contribution in [0.3, 0.4) is 0 Å². The Balaban J connectivity index is 1.83. The van der Waals surface area contributed by atoms with Crippen LogP contribution in [-0.4, -0.2) is 24.5 Å². The summed E-state index contributed by atoms with van der Waals surface area (Å²) in [7, 11) is 0. The van der Waals surface area contributed by atoms with Crippen molar-refractivity contribution in [3.63, 3.8) is 0 Å². The molecule has 0 aliphatic heterocycles. The Labute approximate surface area is 127 Å². The van der Waals surface area contributed by atoms with Gasteiger partial charge in [-0.25, -0.2) is 0 Å². The van der Waals surface area contributed by atoms with Gasteiger partial charge in [0.25, 0.3) is 0 Å². The van der Waals surface area contributed by atoms with Crippen molar-refractivity contribution in [3.05, 3.63) is 59.2 Å². The summed E-state index contributed by atoms with van der Waals surface area (Å²) in [6.07, 6.45) is 1.04. The highest BCUT2D eigenvalue weighted by atomic mass is 15.1. The monoisotopic (exact) mass is 280 g/mol. The minimum absolute atomic E-state index is 0.0962. The molecule has 1 aliphatic rings. The van der Waals surface area contributed by atoms with Crippen LogP contribution in [0.5, 0.6) is 0 Å². The molecule has 2 N–H and O–H groups in total. The summed E-state index contributed by atoms with van der Waals surface area (Å²) in [5.74, 6) is 0. The number of hydrogen-bond donors (Lipinski definition) is 1. The topological polar surface area (TPSA) is 29.3 Å². The lowest BCUT2D eigenvalue weighted by Gasteiger charge is -2.23. The Kier molecular flexibility index (Phi) is 4.09. The van der Waals surface area contributed by atoms with Gasteiger partial charge in [0, 0.05) is 12.6 Å². The van der Waals surface area contributed by atoms with Crippen LogP contribution in [0, 0.1) is 0 Å². The van der Waals surface area contributed by atoms with E-state index in [0.29, 0.717) is 0 Å². The van der Waals surface area contributed by atoms with Crippen LogP contribution < -0.4 is 5.73 Å². The Morgan fingerprint density at radius 1 is 1.00 bits per heavy atom. The Morgan fingerprint density at radius 2 is 1.71 bits per heavy atom. The highest BCUT2D eigenvalue weighted by Crippen LogP contribution is 2.37. The molecule has 0 heterocycles. The van der Waals surface area contributed by atoms with Crippen LogP contribution in [0.1, 0.15) is 36.6 Å². The third-order valence-corrected chi connectivity index (χ3v) is 4.60. The summed E-state index contributed by atoms with van der Waals surface area (Å²) in [4.78, 5) is 2.38. The van der Waals surface area contributed by atoms with E-state index in [0.717, 1.165) is 26.1 Å². The number of fused-ring (bicyclic) bond motifs is 3. The maximum absolute atomic E-state index is 6.40. The van der Waals surface area contributed by atoms with Gasteiger partial charge in [-0.1, -0.05) is 56.3 Å². The van der Waals surface area contributed by atoms with Gasteiger partial charge in [-0.2, -0.15) is 0 Å². The van der Waals surface area contributed by atoms with E-state index in [1.807, 2.05) is 0 Å². The molecular weight excluding hydrogens is 256 g/mol. The zero-order valence-electron chi connectivity index (χ0n) is 13.0. The predicted octanol–water partition coefficient (Wildman–Crippen LogP) is 3.60. The zero-order chi connectivity index (χ0) is 14.8. The van der Waals surface area contributed by atoms with Crippen molar-refractivity contribution in [1.29, 1.82) is 0 Å². The molecule has 110 valence electrons. The first-order chi connectivity index (χ1) is 10.2. The molecule has 3 rings (SSSR count). The minimum atomic E-state index is 0.0962. The van der Waals surface area contributed by atoms with E-state index < -0.39 is 0 Å². The molecule has 0 bridgehead atoms. The Bertz CT molecular complexity index is 629. The quantitative estimate of drug-likeness (QED) is 0.773. The fraction of sp³-hybridized carbons (Fsp3) is 0.368. The largest absolute Gasteiger partial charge is 0.323 e. The van der Waals surface area contributed by atoms with E-state index in [2.05, 4.69) is 61.2 Å². The molecule has 1 aliphatic carbocycles. The molecule has 0 radical (unpaired) electrons. The average molecular weight is 280 g/mol. The van der Waals surface area contributed by atoms with Crippen LogP contribution in [0.4, 0.5) is 0 Å². The summed E-state index contributed by atoms with van der Waals surface area (Å²) in [6.45, 7) is 7.42. The second-order valence-corrected chi connectivity index (χ2v) is 5.84. The van der Waals surface area contributed by atoms with Gasteiger partial charge in [0.1, 0.15) is 0 Å². The lowest BCUT2D eigenvalue weighted by atomic mass is 9.99. The molecular formula is C19H24N2. The summed E-state index contributed by atoms with van der Waals surface area (Å²) in [6, 6.07) is 15.5. The van der Waals surface area contributed by atoms with Crippen LogP contribution in [-0.2, 0) is 6.42 Å². The fourth-order valence-corrected chi connectivity index (χ4v) is 3.26. The van der Waals surface area contributed by atoms with Crippen LogP contribution >= 0.6 is 0 Å². The number of hydrogen-bond acceptors (Lipinski definition) is 2. The first-order valence-electron chi connectivity index (χ1n) is 7.92. The van der Waals surface area contributed by atoms with Crippen molar-refractivity contribution in [2.45, 2.75) is 26.3 Å². The van der Waals surface area contributed by atoms with Gasteiger partial charge >= 0.3 is 0 Å². The standard InChI is InChI=1S/C19H24N2/c1-3-21(4-2)13-19(20)15-9-10-18-16(12-15)11-14-7-5-6-8-17(14)18/h5-10,12,19H,3-4,11,13,20H2,1-2H3. The lowest BCUT2D eigenvalue weighted by molar-refractivity contribution is 0.284. The highest BCUT2D eigenvalue weighted by molar-refractivity contribution is 5.76. The number of rotatable bonds is 5. The van der Waals surface area contributed by atoms with Gasteiger partial charge in [0.05, 0.1) is 0 Å². The minimum Gasteiger partial charge on any atom is -0.323 e. The Morgan fingerprint density at radius 3 is 2.48 bits per heavy atom. The lowest BCUT2D eigenvalue weighted by Crippen LogP contribution is -2.32. The van der Waals surface area contributed by atoms with Gasteiger partial charge < -0.3 is 10.6 Å². The molecule has 21 heavy (non-hydrogen) atoms. The number of benzene rings is 2. The normalized spacial score (nSPS) is 14.1. The summed E-state index contributed by atoms with van der Waals surface area (Å²) in [5, 5.41) is 0. The van der Waals surface area contributed by atoms with E-state index in [-0.39, 0.29) is 6.04 Å². The molecule has 2 heteroatoms. The van der Waals surface area contributed by atoms with Crippen molar-refractivity contribution in [2.24, 2.45) is 5.73 Å². The molecule has 0 amide bonds. The smallest absolute Gasteiger partial charge is 0.0424 e. The number of nitrogens with two attached hydrogens (primary N) is 1. The highest BCUT2D eigenvalue weighted by Gasteiger charge is 2.19. The third kappa shape index (κ3) is 2.74. The second kappa shape index (κ2) is 6.00. The maximum Gasteiger partial charge on any atom is 0.0424 e. The molecule has 0 spiro atoms.